The minimum atomic E-state index is -0.519. The van der Waals surface area contributed by atoms with Crippen LogP contribution in [-0.2, 0) is 4.74 Å². The highest BCUT2D eigenvalue weighted by molar-refractivity contribution is 5.85. The number of carbonyl (C=O) groups excluding carboxylic acids is 1. The Morgan fingerprint density at radius 2 is 1.87 bits per heavy atom. The quantitative estimate of drug-likeness (QED) is 0.625. The third-order valence-corrected chi connectivity index (χ3v) is 6.16. The van der Waals surface area contributed by atoms with Crippen LogP contribution in [0.25, 0.3) is 5.57 Å². The van der Waals surface area contributed by atoms with Crippen LogP contribution in [-0.4, -0.2) is 35.8 Å². The molecule has 2 aliphatic rings. The van der Waals surface area contributed by atoms with E-state index in [-0.39, 0.29) is 12.2 Å². The van der Waals surface area contributed by atoms with Gasteiger partial charge in [0.25, 0.3) is 0 Å². The van der Waals surface area contributed by atoms with E-state index in [1.54, 1.807) is 4.90 Å². The van der Waals surface area contributed by atoms with Gasteiger partial charge in [0, 0.05) is 18.5 Å². The molecule has 0 radical (unpaired) electrons. The zero-order valence-corrected chi connectivity index (χ0v) is 18.4. The molecule has 2 aromatic carbocycles. The van der Waals surface area contributed by atoms with Crippen LogP contribution in [0.3, 0.4) is 0 Å². The molecule has 4 nitrogen and oxygen atoms in total. The van der Waals surface area contributed by atoms with Crippen LogP contribution in [0.2, 0.25) is 0 Å². The Balaban J connectivity index is 1.68. The molecule has 2 atom stereocenters. The molecule has 4 rings (SSSR count). The highest BCUT2D eigenvalue weighted by Gasteiger charge is 2.44. The average Bonchev–Trinajstić information content (AvgIpc) is 3.15. The topological polar surface area (TPSA) is 38.8 Å². The number of rotatable bonds is 4. The second kappa shape index (κ2) is 8.17. The molecule has 0 saturated carbocycles. The molecule has 2 aromatic rings. The van der Waals surface area contributed by atoms with Gasteiger partial charge in [0.1, 0.15) is 11.4 Å². The lowest BCUT2D eigenvalue weighted by Gasteiger charge is -2.34. The molecule has 0 N–H and O–H groups in total. The number of para-hydroxylation sites is 1. The average molecular weight is 406 g/mol. The highest BCUT2D eigenvalue weighted by atomic mass is 16.6. The van der Waals surface area contributed by atoms with Crippen LogP contribution in [0.4, 0.5) is 4.79 Å². The van der Waals surface area contributed by atoms with Gasteiger partial charge in [-0.05, 0) is 55.0 Å². The van der Waals surface area contributed by atoms with Crippen molar-refractivity contribution in [1.29, 1.82) is 0 Å². The molecule has 2 aliphatic heterocycles. The Bertz CT molecular complexity index is 947. The maximum absolute atomic E-state index is 12.4. The molecule has 0 bridgehead atoms. The first-order valence-corrected chi connectivity index (χ1v) is 11.0. The lowest BCUT2D eigenvalue weighted by Crippen LogP contribution is -2.41. The summed E-state index contributed by atoms with van der Waals surface area (Å²) >= 11 is 0. The summed E-state index contributed by atoms with van der Waals surface area (Å²) in [7, 11) is 0. The fraction of sp³-hybridized carbons (Fsp3) is 0.423. The Kier molecular flexibility index (Phi) is 5.59. The van der Waals surface area contributed by atoms with E-state index in [0.29, 0.717) is 19.0 Å². The number of nitrogens with zero attached hydrogens (tertiary/aromatic N) is 1. The van der Waals surface area contributed by atoms with Gasteiger partial charge in [-0.25, -0.2) is 4.79 Å². The van der Waals surface area contributed by atoms with E-state index in [1.807, 2.05) is 32.0 Å². The first kappa shape index (κ1) is 20.5. The van der Waals surface area contributed by atoms with Gasteiger partial charge >= 0.3 is 6.09 Å². The van der Waals surface area contributed by atoms with E-state index in [2.05, 4.69) is 50.3 Å². The second-order valence-corrected chi connectivity index (χ2v) is 8.76. The third kappa shape index (κ3) is 3.96. The van der Waals surface area contributed by atoms with Gasteiger partial charge in [-0.2, -0.15) is 0 Å². The maximum atomic E-state index is 12.4. The minimum Gasteiger partial charge on any atom is -0.481 e. The van der Waals surface area contributed by atoms with Gasteiger partial charge in [-0.1, -0.05) is 56.3 Å². The fourth-order valence-electron chi connectivity index (χ4n) is 4.27. The summed E-state index contributed by atoms with van der Waals surface area (Å²) in [6.45, 7) is 9.36. The molecule has 0 aliphatic carbocycles. The van der Waals surface area contributed by atoms with Crippen molar-refractivity contribution in [3.8, 4) is 5.75 Å². The molecule has 2 unspecified atom stereocenters. The van der Waals surface area contributed by atoms with Crippen LogP contribution >= 0.6 is 0 Å². The maximum Gasteiger partial charge on any atom is 0.410 e. The molecule has 1 saturated heterocycles. The van der Waals surface area contributed by atoms with Gasteiger partial charge in [-0.3, -0.25) is 0 Å². The van der Waals surface area contributed by atoms with E-state index < -0.39 is 5.60 Å². The molecular formula is C26H31NO3. The van der Waals surface area contributed by atoms with Crippen LogP contribution in [0, 0.1) is 0 Å². The molecule has 1 fully saturated rings. The van der Waals surface area contributed by atoms with Crippen molar-refractivity contribution >= 4 is 11.7 Å². The number of ether oxygens (including phenoxy) is 2. The minimum absolute atomic E-state index is 0.128. The summed E-state index contributed by atoms with van der Waals surface area (Å²) in [5, 5.41) is 0. The van der Waals surface area contributed by atoms with Gasteiger partial charge in [0.05, 0.1) is 12.6 Å². The lowest BCUT2D eigenvalue weighted by molar-refractivity contribution is 0.0721. The summed E-state index contributed by atoms with van der Waals surface area (Å²) in [6.07, 6.45) is 3.71. The van der Waals surface area contributed by atoms with Crippen molar-refractivity contribution in [3.63, 3.8) is 0 Å². The van der Waals surface area contributed by atoms with E-state index in [9.17, 15) is 4.79 Å². The van der Waals surface area contributed by atoms with Crippen LogP contribution in [0.5, 0.6) is 5.75 Å². The molecule has 2 heterocycles. The predicted molar refractivity (Wildman–Crippen MR) is 120 cm³/mol. The summed E-state index contributed by atoms with van der Waals surface area (Å²) in [5.74, 6) is 1.43. The largest absolute Gasteiger partial charge is 0.481 e. The van der Waals surface area contributed by atoms with Crippen molar-refractivity contribution in [2.75, 3.05) is 13.1 Å². The second-order valence-electron chi connectivity index (χ2n) is 8.76. The molecule has 158 valence electrons. The molecule has 0 aromatic heterocycles. The normalized spacial score (nSPS) is 21.2. The van der Waals surface area contributed by atoms with E-state index >= 15 is 0 Å². The summed E-state index contributed by atoms with van der Waals surface area (Å²) in [6, 6.07) is 17.1. The number of likely N-dealkylation sites (tertiary alicyclic amines) is 1. The molecule has 4 heteroatoms. The van der Waals surface area contributed by atoms with Gasteiger partial charge in [0.15, 0.2) is 0 Å². The van der Waals surface area contributed by atoms with E-state index in [4.69, 9.17) is 9.47 Å². The molecule has 1 spiro atoms. The monoisotopic (exact) mass is 405 g/mol. The van der Waals surface area contributed by atoms with Gasteiger partial charge in [-0.15, -0.1) is 0 Å². The summed E-state index contributed by atoms with van der Waals surface area (Å²) < 4.78 is 11.9. The van der Waals surface area contributed by atoms with Crippen LogP contribution in [0.15, 0.2) is 54.6 Å². The predicted octanol–water partition coefficient (Wildman–Crippen LogP) is 6.01. The summed E-state index contributed by atoms with van der Waals surface area (Å²) in [5.41, 5.74) is 4.30. The Hall–Kier alpha value is -2.75. The van der Waals surface area contributed by atoms with Crippen molar-refractivity contribution in [2.45, 2.75) is 58.2 Å². The summed E-state index contributed by atoms with van der Waals surface area (Å²) in [4.78, 5) is 14.2. The number of benzene rings is 2. The van der Waals surface area contributed by atoms with Crippen molar-refractivity contribution in [2.24, 2.45) is 0 Å². The van der Waals surface area contributed by atoms with Crippen molar-refractivity contribution < 1.29 is 14.3 Å². The third-order valence-electron chi connectivity index (χ3n) is 6.16. The van der Waals surface area contributed by atoms with Crippen molar-refractivity contribution in [3.05, 3.63) is 71.3 Å². The molecular weight excluding hydrogens is 374 g/mol. The standard InChI is InChI=1S/C26H31NO3/c1-5-19(4)20-10-12-21(13-11-20)23-16-26(30-24-9-7-6-8-22(23)24)14-15-27(17-26)25(28)29-18(2)3/h6-13,16,18-19H,5,14-15,17H2,1-4H3. The highest BCUT2D eigenvalue weighted by Crippen LogP contribution is 2.43. The SMILES string of the molecule is CCC(C)c1ccc(C2=CC3(CCN(C(=O)OC(C)C)C3)Oc3ccccc32)cc1. The zero-order chi connectivity index (χ0) is 21.3. The first-order valence-electron chi connectivity index (χ1n) is 11.0. The Labute approximate surface area is 179 Å². The number of hydrogen-bond donors (Lipinski definition) is 0. The van der Waals surface area contributed by atoms with Crippen LogP contribution < -0.4 is 4.74 Å². The van der Waals surface area contributed by atoms with Gasteiger partial charge in [0.2, 0.25) is 0 Å². The van der Waals surface area contributed by atoms with E-state index in [0.717, 1.165) is 24.2 Å². The van der Waals surface area contributed by atoms with E-state index in [1.165, 1.54) is 16.7 Å². The smallest absolute Gasteiger partial charge is 0.410 e. The number of amides is 1. The van der Waals surface area contributed by atoms with Crippen molar-refractivity contribution in [1.82, 2.24) is 4.90 Å². The zero-order valence-electron chi connectivity index (χ0n) is 18.4. The van der Waals surface area contributed by atoms with Crippen LogP contribution in [0.1, 0.15) is 63.1 Å². The molecule has 30 heavy (non-hydrogen) atoms. The number of hydrogen-bond acceptors (Lipinski definition) is 3. The lowest BCUT2D eigenvalue weighted by atomic mass is 9.87. The molecule has 1 amide bonds. The Morgan fingerprint density at radius 1 is 1.13 bits per heavy atom. The Morgan fingerprint density at radius 3 is 2.57 bits per heavy atom. The fourth-order valence-corrected chi connectivity index (χ4v) is 4.27. The first-order chi connectivity index (χ1) is 14.4. The van der Waals surface area contributed by atoms with Gasteiger partial charge < -0.3 is 14.4 Å². The number of fused-ring (bicyclic) bond motifs is 1. The number of carbonyl (C=O) groups is 1.